The average Bonchev–Trinajstić information content (AvgIpc) is 2.93. The summed E-state index contributed by atoms with van der Waals surface area (Å²) in [5, 5.41) is 7.96. The van der Waals surface area contributed by atoms with E-state index in [1.807, 2.05) is 31.3 Å². The minimum Gasteiger partial charge on any atom is -0.493 e. The second kappa shape index (κ2) is 7.08. The predicted octanol–water partition coefficient (Wildman–Crippen LogP) is 2.17. The molecule has 0 spiro atoms. The molecular formula is C15H19N3O2S. The highest BCUT2D eigenvalue weighted by Gasteiger charge is 2.05. The molecular weight excluding hydrogens is 286 g/mol. The Hall–Kier alpha value is -2.08. The summed E-state index contributed by atoms with van der Waals surface area (Å²) in [5.41, 5.74) is 2.23. The van der Waals surface area contributed by atoms with E-state index < -0.39 is 0 Å². The monoisotopic (exact) mass is 305 g/mol. The van der Waals surface area contributed by atoms with Gasteiger partial charge in [-0.05, 0) is 48.8 Å². The van der Waals surface area contributed by atoms with Gasteiger partial charge in [-0.1, -0.05) is 6.07 Å². The van der Waals surface area contributed by atoms with Crippen LogP contribution in [0.15, 0.2) is 30.6 Å². The van der Waals surface area contributed by atoms with Crippen LogP contribution in [0, 0.1) is 6.92 Å². The lowest BCUT2D eigenvalue weighted by molar-refractivity contribution is 0.354. The van der Waals surface area contributed by atoms with Gasteiger partial charge >= 0.3 is 0 Å². The van der Waals surface area contributed by atoms with Crippen LogP contribution in [-0.4, -0.2) is 35.7 Å². The number of benzene rings is 1. The van der Waals surface area contributed by atoms with Crippen LogP contribution in [0.1, 0.15) is 11.1 Å². The summed E-state index contributed by atoms with van der Waals surface area (Å²) in [7, 11) is 3.26. The number of thiocarbonyl (C=S) groups is 1. The van der Waals surface area contributed by atoms with Gasteiger partial charge in [0.2, 0.25) is 0 Å². The third-order valence-corrected chi connectivity index (χ3v) is 3.39. The van der Waals surface area contributed by atoms with Crippen molar-refractivity contribution in [3.8, 4) is 11.5 Å². The van der Waals surface area contributed by atoms with E-state index in [0.29, 0.717) is 5.11 Å². The summed E-state index contributed by atoms with van der Waals surface area (Å²) in [6.07, 6.45) is 4.51. The molecule has 0 amide bonds. The molecule has 0 aliphatic carbocycles. The van der Waals surface area contributed by atoms with E-state index in [9.17, 15) is 0 Å². The van der Waals surface area contributed by atoms with E-state index in [1.165, 1.54) is 0 Å². The van der Waals surface area contributed by atoms with Gasteiger partial charge in [-0.15, -0.1) is 0 Å². The van der Waals surface area contributed by atoms with E-state index in [0.717, 1.165) is 35.6 Å². The fraction of sp³-hybridized carbons (Fsp3) is 0.333. The molecule has 1 heterocycles. The first kappa shape index (κ1) is 15.3. The molecule has 0 fully saturated rings. The van der Waals surface area contributed by atoms with Crippen molar-refractivity contribution in [1.82, 2.24) is 15.1 Å². The molecule has 2 aromatic rings. The third-order valence-electron chi connectivity index (χ3n) is 3.06. The molecule has 1 aromatic heterocycles. The molecule has 0 bridgehead atoms. The van der Waals surface area contributed by atoms with Crippen molar-refractivity contribution in [3.63, 3.8) is 0 Å². The minimum atomic E-state index is 0.601. The molecule has 2 rings (SSSR count). The predicted molar refractivity (Wildman–Crippen MR) is 86.2 cm³/mol. The first-order valence-corrected chi connectivity index (χ1v) is 7.05. The topological polar surface area (TPSA) is 48.3 Å². The van der Waals surface area contributed by atoms with Crippen LogP contribution < -0.4 is 14.8 Å². The Bertz CT molecular complexity index is 625. The Balaban J connectivity index is 1.90. The average molecular weight is 305 g/mol. The van der Waals surface area contributed by atoms with Gasteiger partial charge in [0.15, 0.2) is 16.6 Å². The maximum Gasteiger partial charge on any atom is 0.193 e. The molecule has 0 atom stereocenters. The van der Waals surface area contributed by atoms with Gasteiger partial charge < -0.3 is 14.8 Å². The standard InChI is InChI=1S/C15H19N3O2S/c1-11-9-17-18(10-11)15(21)16-7-6-12-4-5-13(19-2)14(8-12)20-3/h4-5,8-10H,6-7H2,1-3H3,(H,16,21). The number of aromatic nitrogens is 2. The van der Waals surface area contributed by atoms with Crippen LogP contribution in [0.4, 0.5) is 0 Å². The van der Waals surface area contributed by atoms with Crippen molar-refractivity contribution in [2.75, 3.05) is 20.8 Å². The molecule has 5 nitrogen and oxygen atoms in total. The normalized spacial score (nSPS) is 10.2. The summed E-state index contributed by atoms with van der Waals surface area (Å²) < 4.78 is 12.2. The van der Waals surface area contributed by atoms with Gasteiger partial charge in [0.05, 0.1) is 20.4 Å². The molecule has 0 radical (unpaired) electrons. The Morgan fingerprint density at radius 1 is 1.29 bits per heavy atom. The first-order chi connectivity index (χ1) is 10.1. The smallest absolute Gasteiger partial charge is 0.193 e. The summed E-state index contributed by atoms with van der Waals surface area (Å²) in [6.45, 7) is 2.71. The van der Waals surface area contributed by atoms with Crippen LogP contribution >= 0.6 is 12.2 Å². The number of methoxy groups -OCH3 is 2. The number of rotatable bonds is 5. The van der Waals surface area contributed by atoms with Crippen molar-refractivity contribution in [2.24, 2.45) is 0 Å². The Morgan fingerprint density at radius 3 is 2.67 bits per heavy atom. The highest BCUT2D eigenvalue weighted by atomic mass is 32.1. The molecule has 0 saturated carbocycles. The molecule has 21 heavy (non-hydrogen) atoms. The lowest BCUT2D eigenvalue weighted by Gasteiger charge is -2.11. The van der Waals surface area contributed by atoms with E-state index in [4.69, 9.17) is 21.7 Å². The first-order valence-electron chi connectivity index (χ1n) is 6.64. The van der Waals surface area contributed by atoms with Crippen molar-refractivity contribution < 1.29 is 9.47 Å². The Kier molecular flexibility index (Phi) is 5.16. The fourth-order valence-corrected chi connectivity index (χ4v) is 2.16. The van der Waals surface area contributed by atoms with Crippen LogP contribution in [0.3, 0.4) is 0 Å². The quantitative estimate of drug-likeness (QED) is 0.858. The van der Waals surface area contributed by atoms with Gasteiger partial charge in [-0.25, -0.2) is 4.68 Å². The molecule has 6 heteroatoms. The Morgan fingerprint density at radius 2 is 2.05 bits per heavy atom. The molecule has 1 N–H and O–H groups in total. The number of ether oxygens (including phenoxy) is 2. The molecule has 0 aliphatic rings. The number of hydrogen-bond donors (Lipinski definition) is 1. The third kappa shape index (κ3) is 3.95. The lowest BCUT2D eigenvalue weighted by atomic mass is 10.1. The maximum atomic E-state index is 5.29. The fourth-order valence-electron chi connectivity index (χ4n) is 1.95. The summed E-state index contributed by atoms with van der Waals surface area (Å²) in [5.74, 6) is 1.47. The summed E-state index contributed by atoms with van der Waals surface area (Å²) in [6, 6.07) is 5.90. The number of hydrogen-bond acceptors (Lipinski definition) is 4. The number of aryl methyl sites for hydroxylation is 1. The van der Waals surface area contributed by atoms with Gasteiger partial charge in [-0.3, -0.25) is 0 Å². The van der Waals surface area contributed by atoms with Crippen LogP contribution in [0.2, 0.25) is 0 Å². The minimum absolute atomic E-state index is 0.601. The highest BCUT2D eigenvalue weighted by Crippen LogP contribution is 2.27. The zero-order valence-corrected chi connectivity index (χ0v) is 13.2. The lowest BCUT2D eigenvalue weighted by Crippen LogP contribution is -2.30. The molecule has 1 aromatic carbocycles. The van der Waals surface area contributed by atoms with Crippen molar-refractivity contribution in [2.45, 2.75) is 13.3 Å². The summed E-state index contributed by atoms with van der Waals surface area (Å²) >= 11 is 5.28. The van der Waals surface area contributed by atoms with E-state index in [1.54, 1.807) is 25.1 Å². The van der Waals surface area contributed by atoms with E-state index in [-0.39, 0.29) is 0 Å². The van der Waals surface area contributed by atoms with Gasteiger partial charge in [0, 0.05) is 12.7 Å². The molecule has 112 valence electrons. The summed E-state index contributed by atoms with van der Waals surface area (Å²) in [4.78, 5) is 0. The van der Waals surface area contributed by atoms with Gasteiger partial charge in [0.1, 0.15) is 0 Å². The highest BCUT2D eigenvalue weighted by molar-refractivity contribution is 7.80. The van der Waals surface area contributed by atoms with Crippen molar-refractivity contribution in [3.05, 3.63) is 41.7 Å². The number of nitrogens with zero attached hydrogens (tertiary/aromatic N) is 2. The van der Waals surface area contributed by atoms with Gasteiger partial charge in [0.25, 0.3) is 0 Å². The van der Waals surface area contributed by atoms with Crippen LogP contribution in [-0.2, 0) is 6.42 Å². The Labute approximate surface area is 129 Å². The SMILES string of the molecule is COc1ccc(CCNC(=S)n2cc(C)cn2)cc1OC. The van der Waals surface area contributed by atoms with Crippen LogP contribution in [0.5, 0.6) is 11.5 Å². The number of nitrogens with one attached hydrogen (secondary N) is 1. The van der Waals surface area contributed by atoms with E-state index in [2.05, 4.69) is 10.4 Å². The zero-order chi connectivity index (χ0) is 15.2. The van der Waals surface area contributed by atoms with Gasteiger partial charge in [-0.2, -0.15) is 5.10 Å². The van der Waals surface area contributed by atoms with E-state index >= 15 is 0 Å². The van der Waals surface area contributed by atoms with Crippen molar-refractivity contribution >= 4 is 17.3 Å². The second-order valence-corrected chi connectivity index (χ2v) is 5.02. The molecule has 0 saturated heterocycles. The largest absolute Gasteiger partial charge is 0.493 e. The molecule has 0 aliphatic heterocycles. The zero-order valence-electron chi connectivity index (χ0n) is 12.4. The second-order valence-electron chi connectivity index (χ2n) is 4.63. The van der Waals surface area contributed by atoms with Crippen LogP contribution in [0.25, 0.3) is 0 Å². The molecule has 0 unspecified atom stereocenters. The van der Waals surface area contributed by atoms with Crippen molar-refractivity contribution in [1.29, 1.82) is 0 Å². The maximum absolute atomic E-state index is 5.29.